The lowest BCUT2D eigenvalue weighted by molar-refractivity contribution is 0.0958. The molecule has 1 N–H and O–H groups in total. The Balaban J connectivity index is 1.56. The number of phenols is 1. The highest BCUT2D eigenvalue weighted by molar-refractivity contribution is 6.06. The van der Waals surface area contributed by atoms with Crippen LogP contribution in [0, 0.1) is 6.92 Å². The Morgan fingerprint density at radius 2 is 1.64 bits per heavy atom. The number of hydrogen-bond donors (Lipinski definition) is 1. The fourth-order valence-corrected chi connectivity index (χ4v) is 4.80. The van der Waals surface area contributed by atoms with Gasteiger partial charge in [0.05, 0.1) is 21.3 Å². The third-order valence-corrected chi connectivity index (χ3v) is 6.70. The SMILES string of the molecule is COc1cc(CN2CCC(N(C(=O)c3cccc(C)c3)c3ccc(OC)c(OC)c3)CC2)ccc1O. The van der Waals surface area contributed by atoms with E-state index in [1.165, 1.54) is 0 Å². The van der Waals surface area contributed by atoms with Gasteiger partial charge in [-0.15, -0.1) is 0 Å². The van der Waals surface area contributed by atoms with Gasteiger partial charge in [-0.3, -0.25) is 9.69 Å². The first-order valence-electron chi connectivity index (χ1n) is 12.1. The van der Waals surface area contributed by atoms with Gasteiger partial charge in [0.2, 0.25) is 0 Å². The van der Waals surface area contributed by atoms with E-state index in [1.807, 2.05) is 66.4 Å². The number of benzene rings is 3. The predicted molar refractivity (Wildman–Crippen MR) is 140 cm³/mol. The largest absolute Gasteiger partial charge is 0.504 e. The molecule has 0 aromatic heterocycles. The monoisotopic (exact) mass is 490 g/mol. The number of rotatable bonds is 8. The van der Waals surface area contributed by atoms with Gasteiger partial charge in [0.1, 0.15) is 0 Å². The summed E-state index contributed by atoms with van der Waals surface area (Å²) in [6.07, 6.45) is 1.67. The Morgan fingerprint density at radius 3 is 2.31 bits per heavy atom. The van der Waals surface area contributed by atoms with Crippen molar-refractivity contribution in [2.75, 3.05) is 39.3 Å². The highest BCUT2D eigenvalue weighted by atomic mass is 16.5. The Bertz CT molecular complexity index is 1200. The van der Waals surface area contributed by atoms with Gasteiger partial charge in [-0.1, -0.05) is 23.8 Å². The molecule has 3 aromatic rings. The first-order valence-corrected chi connectivity index (χ1v) is 12.1. The minimum Gasteiger partial charge on any atom is -0.504 e. The van der Waals surface area contributed by atoms with Crippen molar-refractivity contribution in [3.05, 3.63) is 77.4 Å². The number of piperidine rings is 1. The summed E-state index contributed by atoms with van der Waals surface area (Å²) in [5.41, 5.74) is 3.59. The molecule has 4 rings (SSSR count). The third kappa shape index (κ3) is 5.57. The van der Waals surface area contributed by atoms with Crippen molar-refractivity contribution in [1.82, 2.24) is 4.90 Å². The van der Waals surface area contributed by atoms with E-state index in [0.717, 1.165) is 49.3 Å². The molecule has 1 aliphatic heterocycles. The van der Waals surface area contributed by atoms with Gasteiger partial charge in [0.25, 0.3) is 5.91 Å². The molecule has 36 heavy (non-hydrogen) atoms. The van der Waals surface area contributed by atoms with Crippen molar-refractivity contribution in [2.45, 2.75) is 32.4 Å². The van der Waals surface area contributed by atoms with Crippen LogP contribution in [0.1, 0.15) is 34.3 Å². The maximum atomic E-state index is 13.8. The van der Waals surface area contributed by atoms with Crippen LogP contribution in [-0.2, 0) is 6.54 Å². The Morgan fingerprint density at radius 1 is 0.917 bits per heavy atom. The predicted octanol–water partition coefficient (Wildman–Crippen LogP) is 5.04. The number of aromatic hydroxyl groups is 1. The number of aryl methyl sites for hydroxylation is 1. The van der Waals surface area contributed by atoms with Crippen molar-refractivity contribution < 1.29 is 24.1 Å². The number of hydrogen-bond acceptors (Lipinski definition) is 6. The van der Waals surface area contributed by atoms with Gasteiger partial charge in [-0.05, 0) is 61.7 Å². The standard InChI is InChI=1S/C29H34N2O5/c1-20-6-5-7-22(16-20)29(33)31(24-9-11-26(34-2)28(18-24)36-4)23-12-14-30(15-13-23)19-21-8-10-25(32)27(17-21)35-3/h5-11,16-18,23,32H,12-15,19H2,1-4H3. The van der Waals surface area contributed by atoms with E-state index in [0.29, 0.717) is 22.8 Å². The normalized spacial score (nSPS) is 14.3. The molecule has 7 heteroatoms. The highest BCUT2D eigenvalue weighted by Gasteiger charge is 2.30. The number of ether oxygens (including phenoxy) is 3. The lowest BCUT2D eigenvalue weighted by atomic mass is 9.99. The van der Waals surface area contributed by atoms with Crippen molar-refractivity contribution in [1.29, 1.82) is 0 Å². The van der Waals surface area contributed by atoms with E-state index in [9.17, 15) is 9.90 Å². The average Bonchev–Trinajstić information content (AvgIpc) is 2.90. The quantitative estimate of drug-likeness (QED) is 0.477. The van der Waals surface area contributed by atoms with Gasteiger partial charge in [0.15, 0.2) is 23.0 Å². The summed E-state index contributed by atoms with van der Waals surface area (Å²) in [4.78, 5) is 18.1. The van der Waals surface area contributed by atoms with Gasteiger partial charge in [-0.2, -0.15) is 0 Å². The van der Waals surface area contributed by atoms with Gasteiger partial charge < -0.3 is 24.2 Å². The number of anilines is 1. The maximum absolute atomic E-state index is 13.8. The number of likely N-dealkylation sites (tertiary alicyclic amines) is 1. The van der Waals surface area contributed by atoms with Crippen molar-refractivity contribution in [3.63, 3.8) is 0 Å². The first-order chi connectivity index (χ1) is 17.4. The second-order valence-corrected chi connectivity index (χ2v) is 9.10. The third-order valence-electron chi connectivity index (χ3n) is 6.70. The molecule has 1 fully saturated rings. The summed E-state index contributed by atoms with van der Waals surface area (Å²) in [5.74, 6) is 1.82. The second-order valence-electron chi connectivity index (χ2n) is 9.10. The summed E-state index contributed by atoms with van der Waals surface area (Å²) in [6.45, 7) is 4.44. The van der Waals surface area contributed by atoms with Crippen LogP contribution in [0.4, 0.5) is 5.69 Å². The molecule has 1 heterocycles. The smallest absolute Gasteiger partial charge is 0.258 e. The van der Waals surface area contributed by atoms with Gasteiger partial charge in [0, 0.05) is 43.0 Å². The maximum Gasteiger partial charge on any atom is 0.258 e. The van der Waals surface area contributed by atoms with Crippen LogP contribution in [0.5, 0.6) is 23.0 Å². The molecule has 0 saturated carbocycles. The average molecular weight is 491 g/mol. The summed E-state index contributed by atoms with van der Waals surface area (Å²) in [5, 5.41) is 9.89. The van der Waals surface area contributed by atoms with Crippen molar-refractivity contribution >= 4 is 11.6 Å². The summed E-state index contributed by atoms with van der Waals surface area (Å²) >= 11 is 0. The molecule has 7 nitrogen and oxygen atoms in total. The molecule has 0 bridgehead atoms. The second kappa shape index (κ2) is 11.4. The first kappa shape index (κ1) is 25.4. The van der Waals surface area contributed by atoms with Gasteiger partial charge >= 0.3 is 0 Å². The molecule has 0 aliphatic carbocycles. The van der Waals surface area contributed by atoms with Crippen LogP contribution < -0.4 is 19.1 Å². The fourth-order valence-electron chi connectivity index (χ4n) is 4.80. The fraction of sp³-hybridized carbons (Fsp3) is 0.345. The van der Waals surface area contributed by atoms with Crippen molar-refractivity contribution in [2.24, 2.45) is 0 Å². The minimum atomic E-state index is -0.0207. The molecule has 0 spiro atoms. The zero-order chi connectivity index (χ0) is 25.7. The molecule has 1 saturated heterocycles. The Kier molecular flexibility index (Phi) is 8.00. The number of phenolic OH excluding ortho intramolecular Hbond substituents is 1. The van der Waals surface area contributed by atoms with Crippen molar-refractivity contribution in [3.8, 4) is 23.0 Å². The molecule has 3 aromatic carbocycles. The van der Waals surface area contributed by atoms with Crippen LogP contribution in [-0.4, -0.2) is 56.4 Å². The number of carbonyl (C=O) groups is 1. The van der Waals surface area contributed by atoms with Crippen LogP contribution in [0.3, 0.4) is 0 Å². The van der Waals surface area contributed by atoms with Gasteiger partial charge in [-0.25, -0.2) is 0 Å². The zero-order valence-corrected chi connectivity index (χ0v) is 21.4. The summed E-state index contributed by atoms with van der Waals surface area (Å²) in [6, 6.07) is 18.9. The number of methoxy groups -OCH3 is 3. The number of carbonyl (C=O) groups excluding carboxylic acids is 1. The molecule has 0 unspecified atom stereocenters. The van der Waals surface area contributed by atoms with E-state index in [2.05, 4.69) is 4.90 Å². The highest BCUT2D eigenvalue weighted by Crippen LogP contribution is 2.35. The van der Waals surface area contributed by atoms with Crippen LogP contribution in [0.15, 0.2) is 60.7 Å². The van der Waals surface area contributed by atoms with E-state index in [4.69, 9.17) is 14.2 Å². The topological polar surface area (TPSA) is 71.5 Å². The van der Waals surface area contributed by atoms with E-state index < -0.39 is 0 Å². The van der Waals surface area contributed by atoms with Crippen LogP contribution in [0.25, 0.3) is 0 Å². The lowest BCUT2D eigenvalue weighted by Gasteiger charge is -2.39. The summed E-state index contributed by atoms with van der Waals surface area (Å²) in [7, 11) is 4.76. The lowest BCUT2D eigenvalue weighted by Crippen LogP contribution is -2.47. The van der Waals surface area contributed by atoms with Crippen LogP contribution in [0.2, 0.25) is 0 Å². The van der Waals surface area contributed by atoms with E-state index in [1.54, 1.807) is 27.4 Å². The number of nitrogens with zero attached hydrogens (tertiary/aromatic N) is 2. The van der Waals surface area contributed by atoms with E-state index in [-0.39, 0.29) is 17.7 Å². The summed E-state index contributed by atoms with van der Waals surface area (Å²) < 4.78 is 16.2. The number of amides is 1. The molecule has 1 amide bonds. The molecule has 0 radical (unpaired) electrons. The minimum absolute atomic E-state index is 0.0207. The molecule has 190 valence electrons. The molecular formula is C29H34N2O5. The van der Waals surface area contributed by atoms with Crippen LogP contribution >= 0.6 is 0 Å². The molecular weight excluding hydrogens is 456 g/mol. The van der Waals surface area contributed by atoms with E-state index >= 15 is 0 Å². The zero-order valence-electron chi connectivity index (χ0n) is 21.4. The molecule has 0 atom stereocenters. The molecule has 1 aliphatic rings. The Hall–Kier alpha value is -3.71. The Labute approximate surface area is 212 Å².